The number of rotatable bonds is 8. The molecule has 0 aliphatic carbocycles. The molecule has 2 aromatic rings. The van der Waals surface area contributed by atoms with Gasteiger partial charge >= 0.3 is 0 Å². The molecule has 0 N–H and O–H groups in total. The van der Waals surface area contributed by atoms with E-state index in [-0.39, 0.29) is 0 Å². The Bertz CT molecular complexity index is 817. The number of hydrogen-bond acceptors (Lipinski definition) is 5. The van der Waals surface area contributed by atoms with E-state index < -0.39 is 0 Å². The van der Waals surface area contributed by atoms with Crippen molar-refractivity contribution >= 4 is 5.82 Å². The maximum atomic E-state index is 9.27. The standard InChI is InChI=1S/C23H28N4O/c1-3-4-6-20-8-10-22(11-9-20)28-18-19(2)26-13-15-27(16-14-26)23-21(17-24)7-5-12-25-23/h5,7-12H,2-4,6,13-16,18H2,1H3. The molecule has 146 valence electrons. The molecule has 1 aromatic heterocycles. The Hall–Kier alpha value is -3.00. The number of anilines is 1. The number of piperazine rings is 1. The number of aromatic nitrogens is 1. The minimum Gasteiger partial charge on any atom is -0.487 e. The molecule has 1 aromatic carbocycles. The highest BCUT2D eigenvalue weighted by Gasteiger charge is 2.21. The summed E-state index contributed by atoms with van der Waals surface area (Å²) in [5.74, 6) is 1.65. The molecule has 0 radical (unpaired) electrons. The zero-order valence-electron chi connectivity index (χ0n) is 16.6. The van der Waals surface area contributed by atoms with E-state index in [0.29, 0.717) is 12.2 Å². The van der Waals surface area contributed by atoms with E-state index in [9.17, 15) is 5.26 Å². The van der Waals surface area contributed by atoms with E-state index in [0.717, 1.165) is 49.9 Å². The molecule has 0 bridgehead atoms. The second-order valence-corrected chi connectivity index (χ2v) is 7.06. The summed E-state index contributed by atoms with van der Waals surface area (Å²) in [4.78, 5) is 8.80. The van der Waals surface area contributed by atoms with Crippen LogP contribution in [0.3, 0.4) is 0 Å². The van der Waals surface area contributed by atoms with Crippen molar-refractivity contribution in [3.63, 3.8) is 0 Å². The van der Waals surface area contributed by atoms with Gasteiger partial charge in [-0.25, -0.2) is 4.98 Å². The van der Waals surface area contributed by atoms with Crippen molar-refractivity contribution in [1.29, 1.82) is 5.26 Å². The van der Waals surface area contributed by atoms with Crippen molar-refractivity contribution in [2.24, 2.45) is 0 Å². The summed E-state index contributed by atoms with van der Waals surface area (Å²) in [6.07, 6.45) is 5.29. The van der Waals surface area contributed by atoms with E-state index in [4.69, 9.17) is 4.74 Å². The second-order valence-electron chi connectivity index (χ2n) is 7.06. The van der Waals surface area contributed by atoms with Gasteiger partial charge < -0.3 is 14.5 Å². The summed E-state index contributed by atoms with van der Waals surface area (Å²) in [6.45, 7) is 10.2. The van der Waals surface area contributed by atoms with Crippen molar-refractivity contribution < 1.29 is 4.74 Å². The number of pyridine rings is 1. The lowest BCUT2D eigenvalue weighted by molar-refractivity contribution is 0.256. The van der Waals surface area contributed by atoms with Crippen molar-refractivity contribution in [2.75, 3.05) is 37.7 Å². The van der Waals surface area contributed by atoms with Crippen LogP contribution in [0.4, 0.5) is 5.82 Å². The summed E-state index contributed by atoms with van der Waals surface area (Å²) in [5.41, 5.74) is 2.96. The Morgan fingerprint density at radius 2 is 1.93 bits per heavy atom. The number of benzene rings is 1. The van der Waals surface area contributed by atoms with Crippen LogP contribution in [0.2, 0.25) is 0 Å². The van der Waals surface area contributed by atoms with Gasteiger partial charge in [-0.3, -0.25) is 0 Å². The van der Waals surface area contributed by atoms with E-state index in [2.05, 4.69) is 46.5 Å². The molecule has 1 aliphatic heterocycles. The van der Waals surface area contributed by atoms with Gasteiger partial charge in [-0.05, 0) is 42.7 Å². The SMILES string of the molecule is C=C(COc1ccc(CCCC)cc1)N1CCN(c2ncccc2C#N)CC1. The number of ether oxygens (including phenoxy) is 1. The van der Waals surface area contributed by atoms with E-state index in [1.54, 1.807) is 12.3 Å². The Morgan fingerprint density at radius 3 is 2.61 bits per heavy atom. The molecule has 0 amide bonds. The van der Waals surface area contributed by atoms with Crippen LogP contribution in [-0.2, 0) is 6.42 Å². The molecule has 2 heterocycles. The molecule has 28 heavy (non-hydrogen) atoms. The number of nitriles is 1. The highest BCUT2D eigenvalue weighted by atomic mass is 16.5. The summed E-state index contributed by atoms with van der Waals surface area (Å²) in [5, 5.41) is 9.27. The van der Waals surface area contributed by atoms with Crippen LogP contribution in [0.1, 0.15) is 30.9 Å². The summed E-state index contributed by atoms with van der Waals surface area (Å²) in [6, 6.07) is 14.2. The van der Waals surface area contributed by atoms with Gasteiger partial charge in [-0.2, -0.15) is 5.26 Å². The van der Waals surface area contributed by atoms with Crippen LogP contribution in [0, 0.1) is 11.3 Å². The Labute approximate surface area is 167 Å². The van der Waals surface area contributed by atoms with Crippen LogP contribution in [0.15, 0.2) is 54.9 Å². The molecule has 5 nitrogen and oxygen atoms in total. The van der Waals surface area contributed by atoms with Gasteiger partial charge in [0.1, 0.15) is 24.2 Å². The molecule has 0 unspecified atom stereocenters. The molecule has 0 saturated carbocycles. The first-order valence-corrected chi connectivity index (χ1v) is 9.95. The van der Waals surface area contributed by atoms with Gasteiger partial charge in [-0.15, -0.1) is 0 Å². The number of hydrogen-bond donors (Lipinski definition) is 0. The summed E-state index contributed by atoms with van der Waals surface area (Å²) in [7, 11) is 0. The van der Waals surface area contributed by atoms with Crippen molar-refractivity contribution in [3.8, 4) is 11.8 Å². The van der Waals surface area contributed by atoms with Crippen LogP contribution >= 0.6 is 0 Å². The Kier molecular flexibility index (Phi) is 6.91. The van der Waals surface area contributed by atoms with Gasteiger partial charge in [0.15, 0.2) is 0 Å². The van der Waals surface area contributed by atoms with Crippen molar-refractivity contribution in [3.05, 3.63) is 66.0 Å². The lowest BCUT2D eigenvalue weighted by Crippen LogP contribution is -2.47. The third kappa shape index (κ3) is 5.04. The molecule has 3 rings (SSSR count). The molecular weight excluding hydrogens is 348 g/mol. The molecule has 0 spiro atoms. The molecule has 0 atom stereocenters. The third-order valence-corrected chi connectivity index (χ3v) is 5.08. The van der Waals surface area contributed by atoms with Crippen LogP contribution < -0.4 is 9.64 Å². The molecule has 1 saturated heterocycles. The zero-order chi connectivity index (χ0) is 19.8. The first-order chi connectivity index (χ1) is 13.7. The number of nitrogens with zero attached hydrogens (tertiary/aromatic N) is 4. The topological polar surface area (TPSA) is 52.4 Å². The fourth-order valence-electron chi connectivity index (χ4n) is 3.36. The molecule has 1 fully saturated rings. The highest BCUT2D eigenvalue weighted by Crippen LogP contribution is 2.20. The Balaban J connectivity index is 1.47. The lowest BCUT2D eigenvalue weighted by atomic mass is 10.1. The van der Waals surface area contributed by atoms with Crippen molar-refractivity contribution in [2.45, 2.75) is 26.2 Å². The lowest BCUT2D eigenvalue weighted by Gasteiger charge is -2.37. The number of aryl methyl sites for hydroxylation is 1. The van der Waals surface area contributed by atoms with Gasteiger partial charge in [0.25, 0.3) is 0 Å². The monoisotopic (exact) mass is 376 g/mol. The second kappa shape index (κ2) is 9.80. The third-order valence-electron chi connectivity index (χ3n) is 5.08. The van der Waals surface area contributed by atoms with Crippen LogP contribution in [0.25, 0.3) is 0 Å². The molecular formula is C23H28N4O. The van der Waals surface area contributed by atoms with Gasteiger partial charge in [0, 0.05) is 38.1 Å². The highest BCUT2D eigenvalue weighted by molar-refractivity contribution is 5.53. The number of unbranched alkanes of at least 4 members (excludes halogenated alkanes) is 1. The minimum atomic E-state index is 0.487. The maximum Gasteiger partial charge on any atom is 0.146 e. The molecule has 5 heteroatoms. The normalized spacial score (nSPS) is 13.9. The maximum absolute atomic E-state index is 9.27. The van der Waals surface area contributed by atoms with Crippen LogP contribution in [-0.4, -0.2) is 42.7 Å². The van der Waals surface area contributed by atoms with E-state index >= 15 is 0 Å². The largest absolute Gasteiger partial charge is 0.487 e. The Morgan fingerprint density at radius 1 is 1.18 bits per heavy atom. The summed E-state index contributed by atoms with van der Waals surface area (Å²) >= 11 is 0. The van der Waals surface area contributed by atoms with Crippen LogP contribution in [0.5, 0.6) is 5.75 Å². The average Bonchev–Trinajstić information content (AvgIpc) is 2.76. The fourth-order valence-corrected chi connectivity index (χ4v) is 3.36. The first kappa shape index (κ1) is 19.8. The predicted octanol–water partition coefficient (Wildman–Crippen LogP) is 4.01. The van der Waals surface area contributed by atoms with E-state index in [1.165, 1.54) is 18.4 Å². The smallest absolute Gasteiger partial charge is 0.146 e. The minimum absolute atomic E-state index is 0.487. The first-order valence-electron chi connectivity index (χ1n) is 9.95. The van der Waals surface area contributed by atoms with Gasteiger partial charge in [0.2, 0.25) is 0 Å². The van der Waals surface area contributed by atoms with Crippen molar-refractivity contribution in [1.82, 2.24) is 9.88 Å². The fraction of sp³-hybridized carbons (Fsp3) is 0.391. The summed E-state index contributed by atoms with van der Waals surface area (Å²) < 4.78 is 5.92. The molecule has 1 aliphatic rings. The zero-order valence-corrected chi connectivity index (χ0v) is 16.6. The average molecular weight is 377 g/mol. The van der Waals surface area contributed by atoms with E-state index in [1.807, 2.05) is 18.2 Å². The quantitative estimate of drug-likeness (QED) is 0.697. The predicted molar refractivity (Wildman–Crippen MR) is 112 cm³/mol. The van der Waals surface area contributed by atoms with Gasteiger partial charge in [-0.1, -0.05) is 32.1 Å². The van der Waals surface area contributed by atoms with Gasteiger partial charge in [0.05, 0.1) is 5.56 Å².